The Hall–Kier alpha value is -1.99. The number of nitrogens with one attached hydrogen (secondary N) is 1. The smallest absolute Gasteiger partial charge is 0.148 e. The summed E-state index contributed by atoms with van der Waals surface area (Å²) in [6.07, 6.45) is 3.74. The van der Waals surface area contributed by atoms with Crippen molar-refractivity contribution >= 4 is 23.3 Å². The van der Waals surface area contributed by atoms with Crippen molar-refractivity contribution in [3.05, 3.63) is 47.7 Å². The minimum atomic E-state index is 0.590. The van der Waals surface area contributed by atoms with Crippen LogP contribution < -0.4 is 5.32 Å². The summed E-state index contributed by atoms with van der Waals surface area (Å²) in [6.45, 7) is 1.91. The van der Waals surface area contributed by atoms with E-state index in [1.807, 2.05) is 43.5 Å². The first-order chi connectivity index (χ1) is 8.74. The summed E-state index contributed by atoms with van der Waals surface area (Å²) in [4.78, 5) is 5.39. The molecule has 0 amide bonds. The fraction of sp³-hybridized carbons (Fsp3) is 0.143. The maximum Gasteiger partial charge on any atom is 0.148 e. The number of hydrogen-bond acceptors (Lipinski definition) is 4. The highest BCUT2D eigenvalue weighted by atomic mass is 32.2. The van der Waals surface area contributed by atoms with Gasteiger partial charge in [-0.1, -0.05) is 6.07 Å². The number of benzene rings is 1. The Kier molecular flexibility index (Phi) is 3.85. The molecule has 90 valence electrons. The van der Waals surface area contributed by atoms with E-state index in [4.69, 9.17) is 5.26 Å². The Morgan fingerprint density at radius 3 is 2.89 bits per heavy atom. The molecule has 4 heteroatoms. The first-order valence-corrected chi connectivity index (χ1v) is 6.74. The Morgan fingerprint density at radius 1 is 1.33 bits per heavy atom. The molecule has 18 heavy (non-hydrogen) atoms. The highest BCUT2D eigenvalue weighted by molar-refractivity contribution is 7.98. The van der Waals surface area contributed by atoms with Gasteiger partial charge in [0.25, 0.3) is 0 Å². The Morgan fingerprint density at radius 2 is 2.17 bits per heavy atom. The number of hydrogen-bond donors (Lipinski definition) is 1. The van der Waals surface area contributed by atoms with Gasteiger partial charge in [-0.2, -0.15) is 5.26 Å². The van der Waals surface area contributed by atoms with Crippen LogP contribution in [-0.2, 0) is 0 Å². The summed E-state index contributed by atoms with van der Waals surface area (Å²) in [6, 6.07) is 12.0. The van der Waals surface area contributed by atoms with Crippen molar-refractivity contribution in [2.24, 2.45) is 0 Å². The molecule has 0 bridgehead atoms. The van der Waals surface area contributed by atoms with E-state index in [0.29, 0.717) is 11.4 Å². The van der Waals surface area contributed by atoms with Gasteiger partial charge in [-0.15, -0.1) is 11.8 Å². The molecule has 3 nitrogen and oxygen atoms in total. The van der Waals surface area contributed by atoms with E-state index in [-0.39, 0.29) is 0 Å². The molecule has 0 spiro atoms. The number of anilines is 2. The number of nitriles is 1. The highest BCUT2D eigenvalue weighted by Crippen LogP contribution is 2.24. The molecule has 2 rings (SSSR count). The predicted molar refractivity (Wildman–Crippen MR) is 75.2 cm³/mol. The summed E-state index contributed by atoms with van der Waals surface area (Å²) in [7, 11) is 0. The second-order valence-corrected chi connectivity index (χ2v) is 4.70. The lowest BCUT2D eigenvalue weighted by atomic mass is 10.1. The van der Waals surface area contributed by atoms with Gasteiger partial charge in [0.05, 0.1) is 5.56 Å². The molecule has 2 aromatic rings. The van der Waals surface area contributed by atoms with E-state index < -0.39 is 0 Å². The average Bonchev–Trinajstić information content (AvgIpc) is 2.39. The third-order valence-electron chi connectivity index (χ3n) is 2.60. The third-order valence-corrected chi connectivity index (χ3v) is 3.33. The number of rotatable bonds is 3. The molecule has 0 aliphatic carbocycles. The Labute approximate surface area is 111 Å². The third kappa shape index (κ3) is 2.63. The van der Waals surface area contributed by atoms with Crippen LogP contribution in [0.5, 0.6) is 0 Å². The molecule has 0 saturated heterocycles. The van der Waals surface area contributed by atoms with E-state index in [9.17, 15) is 0 Å². The van der Waals surface area contributed by atoms with Crippen LogP contribution in [0.15, 0.2) is 41.4 Å². The van der Waals surface area contributed by atoms with Crippen molar-refractivity contribution in [2.75, 3.05) is 11.6 Å². The molecular weight excluding hydrogens is 242 g/mol. The van der Waals surface area contributed by atoms with E-state index >= 15 is 0 Å². The van der Waals surface area contributed by atoms with Crippen LogP contribution >= 0.6 is 11.8 Å². The summed E-state index contributed by atoms with van der Waals surface area (Å²) in [5.41, 5.74) is 2.46. The van der Waals surface area contributed by atoms with Crippen molar-refractivity contribution < 1.29 is 0 Å². The van der Waals surface area contributed by atoms with E-state index in [1.54, 1.807) is 18.0 Å². The number of thioether (sulfide) groups is 1. The van der Waals surface area contributed by atoms with E-state index in [0.717, 1.165) is 11.3 Å². The van der Waals surface area contributed by atoms with Crippen LogP contribution in [0, 0.1) is 18.3 Å². The molecule has 0 saturated carbocycles. The Bertz CT molecular complexity index is 602. The number of aryl methyl sites for hydroxylation is 1. The fourth-order valence-corrected chi connectivity index (χ4v) is 2.09. The summed E-state index contributed by atoms with van der Waals surface area (Å²) in [5, 5.41) is 12.3. The van der Waals surface area contributed by atoms with Crippen LogP contribution in [0.4, 0.5) is 11.5 Å². The average molecular weight is 255 g/mol. The normalized spacial score (nSPS) is 9.83. The molecule has 0 atom stereocenters. The van der Waals surface area contributed by atoms with Crippen molar-refractivity contribution in [2.45, 2.75) is 11.8 Å². The van der Waals surface area contributed by atoms with Gasteiger partial charge >= 0.3 is 0 Å². The van der Waals surface area contributed by atoms with Gasteiger partial charge in [0.2, 0.25) is 0 Å². The lowest BCUT2D eigenvalue weighted by Gasteiger charge is -2.09. The first-order valence-electron chi connectivity index (χ1n) is 5.51. The number of nitrogens with zero attached hydrogens (tertiary/aromatic N) is 2. The van der Waals surface area contributed by atoms with Crippen LogP contribution in [0.1, 0.15) is 11.1 Å². The maximum absolute atomic E-state index is 9.14. The van der Waals surface area contributed by atoms with Crippen molar-refractivity contribution in [1.29, 1.82) is 5.26 Å². The van der Waals surface area contributed by atoms with Crippen molar-refractivity contribution in [3.8, 4) is 6.07 Å². The van der Waals surface area contributed by atoms with Crippen molar-refractivity contribution in [1.82, 2.24) is 4.98 Å². The largest absolute Gasteiger partial charge is 0.339 e. The zero-order valence-electron chi connectivity index (χ0n) is 10.3. The van der Waals surface area contributed by atoms with Gasteiger partial charge in [-0.05, 0) is 43.0 Å². The SMILES string of the molecule is CSc1cccc(Nc2nccc(C)c2C#N)c1. The van der Waals surface area contributed by atoms with E-state index in [2.05, 4.69) is 16.4 Å². The van der Waals surface area contributed by atoms with Gasteiger partial charge < -0.3 is 5.32 Å². The fourth-order valence-electron chi connectivity index (χ4n) is 1.63. The molecule has 1 heterocycles. The van der Waals surface area contributed by atoms with E-state index in [1.165, 1.54) is 4.90 Å². The predicted octanol–water partition coefficient (Wildman–Crippen LogP) is 3.73. The maximum atomic E-state index is 9.14. The second kappa shape index (κ2) is 5.56. The van der Waals surface area contributed by atoms with Gasteiger partial charge in [0, 0.05) is 16.8 Å². The van der Waals surface area contributed by atoms with Gasteiger partial charge in [-0.3, -0.25) is 0 Å². The second-order valence-electron chi connectivity index (χ2n) is 3.82. The Balaban J connectivity index is 2.34. The summed E-state index contributed by atoms with van der Waals surface area (Å²) in [5.74, 6) is 0.607. The minimum Gasteiger partial charge on any atom is -0.339 e. The summed E-state index contributed by atoms with van der Waals surface area (Å²) < 4.78 is 0. The molecule has 0 aliphatic rings. The molecule has 0 aliphatic heterocycles. The molecule has 1 aromatic heterocycles. The van der Waals surface area contributed by atoms with Crippen molar-refractivity contribution in [3.63, 3.8) is 0 Å². The van der Waals surface area contributed by atoms with Gasteiger partial charge in [0.15, 0.2) is 0 Å². The lowest BCUT2D eigenvalue weighted by Crippen LogP contribution is -1.98. The first kappa shape index (κ1) is 12.5. The number of aromatic nitrogens is 1. The number of pyridine rings is 1. The molecular formula is C14H13N3S. The monoisotopic (exact) mass is 255 g/mol. The van der Waals surface area contributed by atoms with Crippen LogP contribution in [0.25, 0.3) is 0 Å². The van der Waals surface area contributed by atoms with Crippen LogP contribution in [0.3, 0.4) is 0 Å². The standard InChI is InChI=1S/C14H13N3S/c1-10-6-7-16-14(13(10)9-15)17-11-4-3-5-12(8-11)18-2/h3-8H,1-2H3,(H,16,17). The zero-order valence-corrected chi connectivity index (χ0v) is 11.1. The lowest BCUT2D eigenvalue weighted by molar-refractivity contribution is 1.24. The molecule has 1 aromatic carbocycles. The quantitative estimate of drug-likeness (QED) is 0.849. The van der Waals surface area contributed by atoms with Gasteiger partial charge in [-0.25, -0.2) is 4.98 Å². The molecule has 0 unspecified atom stereocenters. The minimum absolute atomic E-state index is 0.590. The summed E-state index contributed by atoms with van der Waals surface area (Å²) >= 11 is 1.68. The highest BCUT2D eigenvalue weighted by Gasteiger charge is 2.06. The van der Waals surface area contributed by atoms with Crippen LogP contribution in [-0.4, -0.2) is 11.2 Å². The molecule has 1 N–H and O–H groups in total. The van der Waals surface area contributed by atoms with Crippen LogP contribution in [0.2, 0.25) is 0 Å². The topological polar surface area (TPSA) is 48.7 Å². The molecule has 0 radical (unpaired) electrons. The molecule has 0 fully saturated rings. The zero-order chi connectivity index (χ0) is 13.0. The van der Waals surface area contributed by atoms with Gasteiger partial charge in [0.1, 0.15) is 11.9 Å².